The molecule has 17 heavy (non-hydrogen) atoms. The number of nitrogens with one attached hydrogen (secondary N) is 1. The highest BCUT2D eigenvalue weighted by molar-refractivity contribution is 5.47. The van der Waals surface area contributed by atoms with Gasteiger partial charge >= 0.3 is 0 Å². The summed E-state index contributed by atoms with van der Waals surface area (Å²) in [4.78, 5) is 0. The minimum absolute atomic E-state index is 0.697. The normalized spacial score (nSPS) is 17.6. The molecule has 3 heterocycles. The van der Waals surface area contributed by atoms with E-state index in [-0.39, 0.29) is 0 Å². The summed E-state index contributed by atoms with van der Waals surface area (Å²) >= 11 is 0. The van der Waals surface area contributed by atoms with Crippen LogP contribution in [0.2, 0.25) is 0 Å². The Kier molecular flexibility index (Phi) is 2.68. The van der Waals surface area contributed by atoms with Crippen molar-refractivity contribution in [3.8, 4) is 0 Å². The summed E-state index contributed by atoms with van der Waals surface area (Å²) in [5, 5.41) is 11.8. The van der Waals surface area contributed by atoms with Gasteiger partial charge in [0.2, 0.25) is 0 Å². The van der Waals surface area contributed by atoms with Crippen molar-refractivity contribution < 1.29 is 0 Å². The lowest BCUT2D eigenvalue weighted by Gasteiger charge is -2.21. The first-order chi connectivity index (χ1) is 8.34. The number of nitrogens with two attached hydrogens (primary N) is 1. The molecule has 0 saturated carbocycles. The number of anilines is 1. The van der Waals surface area contributed by atoms with Crippen molar-refractivity contribution in [2.75, 3.05) is 18.8 Å². The molecular weight excluding hydrogens is 214 g/mol. The number of nitrogens with zero attached hydrogens (tertiary/aromatic N) is 3. The lowest BCUT2D eigenvalue weighted by atomic mass is 9.94. The van der Waals surface area contributed by atoms with E-state index in [1.165, 1.54) is 12.8 Å². The molecule has 0 atom stereocenters. The van der Waals surface area contributed by atoms with Crippen LogP contribution in [0.25, 0.3) is 5.65 Å². The smallest absolute Gasteiger partial charge is 0.162 e. The summed E-state index contributed by atoms with van der Waals surface area (Å²) in [6.07, 6.45) is 3.39. The summed E-state index contributed by atoms with van der Waals surface area (Å²) < 4.78 is 1.96. The third kappa shape index (κ3) is 1.98. The molecule has 90 valence electrons. The predicted octanol–water partition coefficient (Wildman–Crippen LogP) is 0.854. The van der Waals surface area contributed by atoms with E-state index >= 15 is 0 Å². The lowest BCUT2D eigenvalue weighted by Crippen LogP contribution is -2.29. The molecular formula is C12H17N5. The van der Waals surface area contributed by atoms with E-state index in [2.05, 4.69) is 15.5 Å². The zero-order chi connectivity index (χ0) is 11.7. The van der Waals surface area contributed by atoms with E-state index < -0.39 is 0 Å². The fourth-order valence-corrected chi connectivity index (χ4v) is 2.50. The predicted molar refractivity (Wildman–Crippen MR) is 66.7 cm³/mol. The van der Waals surface area contributed by atoms with Crippen molar-refractivity contribution in [2.45, 2.75) is 19.3 Å². The maximum absolute atomic E-state index is 5.98. The van der Waals surface area contributed by atoms with Gasteiger partial charge in [0.15, 0.2) is 5.65 Å². The fourth-order valence-electron chi connectivity index (χ4n) is 2.50. The third-order valence-corrected chi connectivity index (χ3v) is 3.46. The van der Waals surface area contributed by atoms with Gasteiger partial charge < -0.3 is 11.1 Å². The van der Waals surface area contributed by atoms with Gasteiger partial charge in [-0.1, -0.05) is 6.07 Å². The van der Waals surface area contributed by atoms with Crippen LogP contribution in [0.1, 0.15) is 18.7 Å². The van der Waals surface area contributed by atoms with Crippen LogP contribution in [-0.4, -0.2) is 27.7 Å². The Morgan fingerprint density at radius 1 is 1.29 bits per heavy atom. The summed E-state index contributed by atoms with van der Waals surface area (Å²) in [6, 6.07) is 5.74. The Morgan fingerprint density at radius 2 is 2.12 bits per heavy atom. The molecule has 0 spiro atoms. The average molecular weight is 231 g/mol. The fraction of sp³-hybridized carbons (Fsp3) is 0.500. The minimum Gasteiger partial charge on any atom is -0.385 e. The van der Waals surface area contributed by atoms with Gasteiger partial charge in [0.25, 0.3) is 0 Å². The first-order valence-corrected chi connectivity index (χ1v) is 6.14. The van der Waals surface area contributed by atoms with Crippen LogP contribution in [0.5, 0.6) is 0 Å². The number of nitrogen functional groups attached to an aromatic ring is 1. The van der Waals surface area contributed by atoms with Crippen LogP contribution in [-0.2, 0) is 6.42 Å². The number of rotatable bonds is 2. The van der Waals surface area contributed by atoms with Crippen molar-refractivity contribution in [3.05, 3.63) is 24.0 Å². The highest BCUT2D eigenvalue weighted by Gasteiger charge is 2.17. The van der Waals surface area contributed by atoms with Gasteiger partial charge in [0.05, 0.1) is 0 Å². The number of fused-ring (bicyclic) bond motifs is 1. The quantitative estimate of drug-likeness (QED) is 0.804. The maximum atomic E-state index is 5.98. The molecule has 3 rings (SSSR count). The number of pyridine rings is 1. The van der Waals surface area contributed by atoms with E-state index in [1.807, 2.05) is 22.6 Å². The van der Waals surface area contributed by atoms with Crippen LogP contribution < -0.4 is 11.1 Å². The molecule has 0 aliphatic carbocycles. The first kappa shape index (κ1) is 10.5. The van der Waals surface area contributed by atoms with Crippen LogP contribution in [0, 0.1) is 5.92 Å². The Labute approximate surface area is 100 Å². The van der Waals surface area contributed by atoms with Crippen molar-refractivity contribution in [1.29, 1.82) is 0 Å². The van der Waals surface area contributed by atoms with E-state index in [9.17, 15) is 0 Å². The van der Waals surface area contributed by atoms with E-state index in [0.29, 0.717) is 5.92 Å². The Morgan fingerprint density at radius 3 is 2.94 bits per heavy atom. The lowest BCUT2D eigenvalue weighted by molar-refractivity contribution is 0.366. The molecule has 5 heteroatoms. The maximum Gasteiger partial charge on any atom is 0.162 e. The molecule has 0 bridgehead atoms. The van der Waals surface area contributed by atoms with Gasteiger partial charge in [0, 0.05) is 6.42 Å². The Hall–Kier alpha value is -1.62. The van der Waals surface area contributed by atoms with Crippen molar-refractivity contribution >= 4 is 11.5 Å². The summed E-state index contributed by atoms with van der Waals surface area (Å²) in [6.45, 7) is 2.22. The second-order valence-corrected chi connectivity index (χ2v) is 4.66. The van der Waals surface area contributed by atoms with Crippen LogP contribution in [0.3, 0.4) is 0 Å². The molecule has 1 saturated heterocycles. The molecule has 1 aliphatic rings. The van der Waals surface area contributed by atoms with Gasteiger partial charge in [-0.05, 0) is 44.0 Å². The number of piperidine rings is 1. The van der Waals surface area contributed by atoms with Crippen molar-refractivity contribution in [1.82, 2.24) is 19.9 Å². The Balaban J connectivity index is 1.89. The van der Waals surface area contributed by atoms with Crippen molar-refractivity contribution in [3.63, 3.8) is 0 Å². The standard InChI is InChI=1S/C12H17N5/c13-10-2-1-3-11-15-16-12(17(10)11)8-9-4-6-14-7-5-9/h1-3,9,14H,4-8,13H2. The molecule has 1 fully saturated rings. The highest BCUT2D eigenvalue weighted by Crippen LogP contribution is 2.19. The van der Waals surface area contributed by atoms with Crippen LogP contribution in [0.15, 0.2) is 18.2 Å². The molecule has 0 aromatic carbocycles. The number of hydrogen-bond donors (Lipinski definition) is 2. The van der Waals surface area contributed by atoms with Crippen LogP contribution in [0.4, 0.5) is 5.82 Å². The van der Waals surface area contributed by atoms with Gasteiger partial charge in [-0.3, -0.25) is 4.40 Å². The molecule has 5 nitrogen and oxygen atoms in total. The van der Waals surface area contributed by atoms with Crippen LogP contribution >= 0.6 is 0 Å². The van der Waals surface area contributed by atoms with Crippen molar-refractivity contribution in [2.24, 2.45) is 5.92 Å². The summed E-state index contributed by atoms with van der Waals surface area (Å²) in [7, 11) is 0. The molecule has 2 aromatic rings. The van der Waals surface area contributed by atoms with Gasteiger partial charge in [0.1, 0.15) is 11.6 Å². The minimum atomic E-state index is 0.697. The average Bonchev–Trinajstić information content (AvgIpc) is 2.75. The Bertz CT molecular complexity index is 513. The molecule has 0 unspecified atom stereocenters. The number of hydrogen-bond acceptors (Lipinski definition) is 4. The van der Waals surface area contributed by atoms with E-state index in [1.54, 1.807) is 0 Å². The van der Waals surface area contributed by atoms with E-state index in [0.717, 1.165) is 36.8 Å². The first-order valence-electron chi connectivity index (χ1n) is 6.14. The largest absolute Gasteiger partial charge is 0.385 e. The second-order valence-electron chi connectivity index (χ2n) is 4.66. The second kappa shape index (κ2) is 4.33. The molecule has 0 amide bonds. The van der Waals surface area contributed by atoms with E-state index in [4.69, 9.17) is 5.73 Å². The third-order valence-electron chi connectivity index (χ3n) is 3.46. The number of aromatic nitrogens is 3. The molecule has 1 aliphatic heterocycles. The topological polar surface area (TPSA) is 68.2 Å². The molecule has 0 radical (unpaired) electrons. The highest BCUT2D eigenvalue weighted by atomic mass is 15.3. The zero-order valence-corrected chi connectivity index (χ0v) is 9.76. The summed E-state index contributed by atoms with van der Waals surface area (Å²) in [5.74, 6) is 2.41. The summed E-state index contributed by atoms with van der Waals surface area (Å²) in [5.41, 5.74) is 6.82. The monoisotopic (exact) mass is 231 g/mol. The molecule has 3 N–H and O–H groups in total. The van der Waals surface area contributed by atoms with Gasteiger partial charge in [-0.2, -0.15) is 0 Å². The SMILES string of the molecule is Nc1cccc2nnc(CC3CCNCC3)n12. The zero-order valence-electron chi connectivity index (χ0n) is 9.76. The van der Waals surface area contributed by atoms with Gasteiger partial charge in [-0.15, -0.1) is 10.2 Å². The molecule has 2 aromatic heterocycles. The van der Waals surface area contributed by atoms with Gasteiger partial charge in [-0.25, -0.2) is 0 Å².